The van der Waals surface area contributed by atoms with E-state index >= 15 is 0 Å². The van der Waals surface area contributed by atoms with E-state index in [-0.39, 0.29) is 12.7 Å². The summed E-state index contributed by atoms with van der Waals surface area (Å²) in [6, 6.07) is 13.2. The van der Waals surface area contributed by atoms with Crippen LogP contribution in [0.1, 0.15) is 16.7 Å². The van der Waals surface area contributed by atoms with Crippen molar-refractivity contribution in [2.75, 3.05) is 13.9 Å². The fourth-order valence-corrected chi connectivity index (χ4v) is 2.33. The molecule has 2 aromatic carbocycles. The molecule has 1 N–H and O–H groups in total. The lowest BCUT2D eigenvalue weighted by molar-refractivity contribution is -0.115. The Morgan fingerprint density at radius 1 is 1.17 bits per heavy atom. The van der Waals surface area contributed by atoms with Gasteiger partial charge in [-0.2, -0.15) is 0 Å². The Labute approximate surface area is 140 Å². The van der Waals surface area contributed by atoms with E-state index in [1.165, 1.54) is 0 Å². The molecule has 1 aliphatic rings. The molecule has 0 radical (unpaired) electrons. The van der Waals surface area contributed by atoms with Gasteiger partial charge in [0.1, 0.15) is 0 Å². The van der Waals surface area contributed by atoms with Gasteiger partial charge in [0.15, 0.2) is 11.5 Å². The largest absolute Gasteiger partial charge is 0.454 e. The van der Waals surface area contributed by atoms with Crippen molar-refractivity contribution in [1.82, 2.24) is 5.32 Å². The lowest BCUT2D eigenvalue weighted by Gasteiger charge is -2.04. The van der Waals surface area contributed by atoms with E-state index < -0.39 is 0 Å². The summed E-state index contributed by atoms with van der Waals surface area (Å²) >= 11 is 0. The van der Waals surface area contributed by atoms with Gasteiger partial charge >= 0.3 is 0 Å². The molecule has 0 spiro atoms. The van der Waals surface area contributed by atoms with Crippen molar-refractivity contribution in [3.63, 3.8) is 0 Å². The second-order valence-electron chi connectivity index (χ2n) is 5.25. The Morgan fingerprint density at radius 2 is 2.00 bits per heavy atom. The van der Waals surface area contributed by atoms with E-state index in [9.17, 15) is 4.79 Å². The van der Waals surface area contributed by atoms with Crippen LogP contribution < -0.4 is 14.8 Å². The zero-order chi connectivity index (χ0) is 16.8. The van der Waals surface area contributed by atoms with Crippen LogP contribution in [0, 0.1) is 11.8 Å². The molecule has 0 atom stereocenters. The van der Waals surface area contributed by atoms with Gasteiger partial charge in [-0.05, 0) is 29.3 Å². The van der Waals surface area contributed by atoms with E-state index in [1.54, 1.807) is 25.3 Å². The lowest BCUT2D eigenvalue weighted by Crippen LogP contribution is -2.20. The van der Waals surface area contributed by atoms with Crippen LogP contribution in [0.25, 0.3) is 0 Å². The second-order valence-corrected chi connectivity index (χ2v) is 5.25. The third-order valence-electron chi connectivity index (χ3n) is 3.45. The van der Waals surface area contributed by atoms with Gasteiger partial charge in [0.25, 0.3) is 5.91 Å². The van der Waals surface area contributed by atoms with Crippen molar-refractivity contribution < 1.29 is 19.0 Å². The molecule has 5 heteroatoms. The summed E-state index contributed by atoms with van der Waals surface area (Å²) in [6.45, 7) is 1.19. The first-order chi connectivity index (χ1) is 11.7. The maximum atomic E-state index is 11.9. The van der Waals surface area contributed by atoms with E-state index in [1.807, 2.05) is 24.3 Å². The highest BCUT2D eigenvalue weighted by molar-refractivity contribution is 5.94. The summed E-state index contributed by atoms with van der Waals surface area (Å²) in [4.78, 5) is 11.9. The molecule has 0 bridgehead atoms. The molecule has 1 heterocycles. The molecule has 0 fully saturated rings. The highest BCUT2D eigenvalue weighted by atomic mass is 16.7. The quantitative estimate of drug-likeness (QED) is 0.877. The third-order valence-corrected chi connectivity index (χ3v) is 3.45. The van der Waals surface area contributed by atoms with Crippen LogP contribution in [0.5, 0.6) is 11.5 Å². The van der Waals surface area contributed by atoms with Crippen LogP contribution in [0.3, 0.4) is 0 Å². The summed E-state index contributed by atoms with van der Waals surface area (Å²) in [5.41, 5.74) is 2.77. The van der Waals surface area contributed by atoms with E-state index in [0.29, 0.717) is 30.2 Å². The minimum atomic E-state index is -0.329. The minimum absolute atomic E-state index is 0.217. The predicted octanol–water partition coefficient (Wildman–Crippen LogP) is 2.23. The summed E-state index contributed by atoms with van der Waals surface area (Å²) in [6.07, 6.45) is 0. The molecular formula is C19H17NO4. The number of rotatable bonds is 4. The van der Waals surface area contributed by atoms with Crippen molar-refractivity contribution in [2.45, 2.75) is 13.2 Å². The van der Waals surface area contributed by atoms with Gasteiger partial charge in [-0.3, -0.25) is 4.79 Å². The number of hydrogen-bond donors (Lipinski definition) is 1. The molecule has 122 valence electrons. The molecule has 1 amide bonds. The maximum Gasteiger partial charge on any atom is 0.296 e. The topological polar surface area (TPSA) is 56.8 Å². The Kier molecular flexibility index (Phi) is 4.99. The first-order valence-corrected chi connectivity index (χ1v) is 7.51. The number of carbonyl (C=O) groups is 1. The summed E-state index contributed by atoms with van der Waals surface area (Å²) < 4.78 is 15.6. The van der Waals surface area contributed by atoms with Crippen LogP contribution in [0.4, 0.5) is 0 Å². The number of methoxy groups -OCH3 is 1. The predicted molar refractivity (Wildman–Crippen MR) is 88.4 cm³/mol. The Bertz CT molecular complexity index is 804. The molecule has 5 nitrogen and oxygen atoms in total. The summed E-state index contributed by atoms with van der Waals surface area (Å²) in [5, 5.41) is 2.78. The normalized spacial score (nSPS) is 11.5. The van der Waals surface area contributed by atoms with Gasteiger partial charge in [0.2, 0.25) is 6.79 Å². The number of carbonyl (C=O) groups excluding carboxylic acids is 1. The minimum Gasteiger partial charge on any atom is -0.454 e. The number of ether oxygens (including phenoxy) is 3. The smallest absolute Gasteiger partial charge is 0.296 e. The van der Waals surface area contributed by atoms with Gasteiger partial charge in [-0.25, -0.2) is 0 Å². The highest BCUT2D eigenvalue weighted by Gasteiger charge is 2.12. The van der Waals surface area contributed by atoms with Gasteiger partial charge in [0.05, 0.1) is 6.61 Å². The van der Waals surface area contributed by atoms with Gasteiger partial charge in [0, 0.05) is 25.1 Å². The number of hydrogen-bond acceptors (Lipinski definition) is 4. The number of nitrogens with one attached hydrogen (secondary N) is 1. The molecule has 2 aromatic rings. The van der Waals surface area contributed by atoms with Crippen molar-refractivity contribution in [3.8, 4) is 23.3 Å². The number of benzene rings is 2. The zero-order valence-electron chi connectivity index (χ0n) is 13.3. The van der Waals surface area contributed by atoms with Gasteiger partial charge < -0.3 is 19.5 Å². The van der Waals surface area contributed by atoms with E-state index in [4.69, 9.17) is 14.2 Å². The lowest BCUT2D eigenvalue weighted by atomic mass is 10.1. The maximum absolute atomic E-state index is 11.9. The molecule has 0 aliphatic carbocycles. The average Bonchev–Trinajstić information content (AvgIpc) is 3.06. The standard InChI is InChI=1S/C19H17NO4/c1-22-12-16-4-2-3-15(9-16)11-20-19(21)8-6-14-5-7-17-18(10-14)24-13-23-17/h2-5,7,9-10H,11-13H2,1H3,(H,20,21). The van der Waals surface area contributed by atoms with Crippen molar-refractivity contribution >= 4 is 5.91 Å². The SMILES string of the molecule is COCc1cccc(CNC(=O)C#Cc2ccc3c(c2)OCO3)c1. The number of amides is 1. The first kappa shape index (κ1) is 15.9. The highest BCUT2D eigenvalue weighted by Crippen LogP contribution is 2.32. The average molecular weight is 323 g/mol. The van der Waals surface area contributed by atoms with Gasteiger partial charge in [-0.15, -0.1) is 0 Å². The van der Waals surface area contributed by atoms with Crippen LogP contribution in [-0.2, 0) is 22.7 Å². The fraction of sp³-hybridized carbons (Fsp3) is 0.211. The number of fused-ring (bicyclic) bond motifs is 1. The van der Waals surface area contributed by atoms with Crippen molar-refractivity contribution in [1.29, 1.82) is 0 Å². The molecule has 1 aliphatic heterocycles. The summed E-state index contributed by atoms with van der Waals surface area (Å²) in [7, 11) is 1.65. The Balaban J connectivity index is 1.57. The van der Waals surface area contributed by atoms with Crippen LogP contribution in [0.2, 0.25) is 0 Å². The van der Waals surface area contributed by atoms with E-state index in [2.05, 4.69) is 17.2 Å². The van der Waals surface area contributed by atoms with Crippen LogP contribution in [-0.4, -0.2) is 19.8 Å². The molecule has 24 heavy (non-hydrogen) atoms. The molecule has 0 unspecified atom stereocenters. The molecule has 0 saturated heterocycles. The second kappa shape index (κ2) is 7.53. The monoisotopic (exact) mass is 323 g/mol. The molecule has 0 saturated carbocycles. The molecule has 3 rings (SSSR count). The van der Waals surface area contributed by atoms with Crippen molar-refractivity contribution in [3.05, 3.63) is 59.2 Å². The third kappa shape index (κ3) is 4.06. The molecular weight excluding hydrogens is 306 g/mol. The van der Waals surface area contributed by atoms with Gasteiger partial charge in [-0.1, -0.05) is 30.2 Å². The fourth-order valence-electron chi connectivity index (χ4n) is 2.33. The van der Waals surface area contributed by atoms with Crippen molar-refractivity contribution in [2.24, 2.45) is 0 Å². The van der Waals surface area contributed by atoms with Crippen LogP contribution in [0.15, 0.2) is 42.5 Å². The summed E-state index contributed by atoms with van der Waals surface area (Å²) in [5.74, 6) is 6.42. The van der Waals surface area contributed by atoms with Crippen LogP contribution >= 0.6 is 0 Å². The Morgan fingerprint density at radius 3 is 2.88 bits per heavy atom. The first-order valence-electron chi connectivity index (χ1n) is 7.51. The zero-order valence-corrected chi connectivity index (χ0v) is 13.3. The molecule has 0 aromatic heterocycles. The van der Waals surface area contributed by atoms with E-state index in [0.717, 1.165) is 11.1 Å². The Hall–Kier alpha value is -2.97.